The monoisotopic (exact) mass is 497 g/mol. The molecule has 0 radical (unpaired) electrons. The van der Waals surface area contributed by atoms with E-state index >= 15 is 0 Å². The van der Waals surface area contributed by atoms with Crippen molar-refractivity contribution in [2.45, 2.75) is 32.7 Å². The summed E-state index contributed by atoms with van der Waals surface area (Å²) in [4.78, 5) is 28.5. The average Bonchev–Trinajstić information content (AvgIpc) is 3.11. The first-order chi connectivity index (χ1) is 16.6. The van der Waals surface area contributed by atoms with E-state index in [2.05, 4.69) is 42.2 Å². The van der Waals surface area contributed by atoms with Gasteiger partial charge in [-0.3, -0.25) is 14.3 Å². The number of thioether (sulfide) groups is 1. The molecule has 3 N–H and O–H groups in total. The summed E-state index contributed by atoms with van der Waals surface area (Å²) in [5.74, 6) is -0.462. The van der Waals surface area contributed by atoms with Crippen molar-refractivity contribution in [1.82, 2.24) is 24.9 Å². The van der Waals surface area contributed by atoms with Crippen molar-refractivity contribution in [2.24, 2.45) is 12.8 Å². The van der Waals surface area contributed by atoms with Gasteiger partial charge in [-0.1, -0.05) is 38.4 Å². The van der Waals surface area contributed by atoms with Crippen LogP contribution in [0.2, 0.25) is 0 Å². The van der Waals surface area contributed by atoms with E-state index in [0.29, 0.717) is 40.4 Å². The predicted molar refractivity (Wildman–Crippen MR) is 145 cm³/mol. The van der Waals surface area contributed by atoms with Gasteiger partial charge in [0.1, 0.15) is 5.69 Å². The zero-order valence-corrected chi connectivity index (χ0v) is 21.8. The van der Waals surface area contributed by atoms with Crippen LogP contribution < -0.4 is 21.5 Å². The van der Waals surface area contributed by atoms with Crippen LogP contribution in [0.1, 0.15) is 36.6 Å². The van der Waals surface area contributed by atoms with Crippen molar-refractivity contribution in [1.29, 1.82) is 0 Å². The smallest absolute Gasteiger partial charge is 0.291 e. The molecule has 0 aliphatic rings. The van der Waals surface area contributed by atoms with Gasteiger partial charge in [-0.15, -0.1) is 0 Å². The Bertz CT molecular complexity index is 1190. The first kappa shape index (κ1) is 27.7. The SMILES string of the molecule is C=C(/C=C\NC)CC(=C)SC(=C)c1cnn(Cc2nn(C)cc2CC(N)=O)c(=O)c1N(C)CCC. The van der Waals surface area contributed by atoms with Gasteiger partial charge in [0.25, 0.3) is 5.56 Å². The van der Waals surface area contributed by atoms with Crippen LogP contribution in [0, 0.1) is 0 Å². The van der Waals surface area contributed by atoms with Gasteiger partial charge in [0.05, 0.1) is 24.9 Å². The predicted octanol–water partition coefficient (Wildman–Crippen LogP) is 2.80. The molecule has 0 atom stereocenters. The Kier molecular flexibility index (Phi) is 10.1. The van der Waals surface area contributed by atoms with Crippen molar-refractivity contribution >= 4 is 28.3 Å². The molecule has 0 fully saturated rings. The highest BCUT2D eigenvalue weighted by molar-refractivity contribution is 8.11. The van der Waals surface area contributed by atoms with Crippen LogP contribution in [0.3, 0.4) is 0 Å². The van der Waals surface area contributed by atoms with Crippen LogP contribution in [-0.4, -0.2) is 46.1 Å². The van der Waals surface area contributed by atoms with Gasteiger partial charge in [-0.05, 0) is 29.2 Å². The quantitative estimate of drug-likeness (QED) is 0.386. The second kappa shape index (κ2) is 12.8. The summed E-state index contributed by atoms with van der Waals surface area (Å²) in [6.07, 6.45) is 8.59. The maximum atomic E-state index is 13.6. The van der Waals surface area contributed by atoms with E-state index in [1.54, 1.807) is 24.1 Å². The molecule has 0 aliphatic heterocycles. The molecule has 0 unspecified atom stereocenters. The highest BCUT2D eigenvalue weighted by atomic mass is 32.2. The van der Waals surface area contributed by atoms with Crippen molar-refractivity contribution < 1.29 is 4.79 Å². The lowest BCUT2D eigenvalue weighted by atomic mass is 10.1. The number of carbonyl (C=O) groups is 1. The number of aromatic nitrogens is 4. The summed E-state index contributed by atoms with van der Waals surface area (Å²) >= 11 is 1.41. The first-order valence-electron chi connectivity index (χ1n) is 11.2. The third kappa shape index (κ3) is 7.74. The van der Waals surface area contributed by atoms with Crippen LogP contribution in [0.25, 0.3) is 4.91 Å². The molecule has 0 saturated heterocycles. The molecule has 188 valence electrons. The number of nitrogens with one attached hydrogen (secondary N) is 1. The number of anilines is 1. The van der Waals surface area contributed by atoms with E-state index in [1.165, 1.54) is 16.4 Å². The van der Waals surface area contributed by atoms with E-state index in [4.69, 9.17) is 5.73 Å². The summed E-state index contributed by atoms with van der Waals surface area (Å²) in [5.41, 5.74) is 8.43. The number of allylic oxidation sites excluding steroid dienone is 3. The number of hydrogen-bond donors (Lipinski definition) is 2. The van der Waals surface area contributed by atoms with Crippen molar-refractivity contribution in [3.63, 3.8) is 0 Å². The Morgan fingerprint density at radius 2 is 2.06 bits per heavy atom. The second-order valence-corrected chi connectivity index (χ2v) is 9.50. The third-order valence-corrected chi connectivity index (χ3v) is 5.99. The molecule has 2 heterocycles. The standard InChI is InChI=1S/C25H35N7O2S/c1-8-11-30(6)24-21(19(4)35-18(3)12-17(2)9-10-27-5)14-28-32(25(24)34)16-22-20(13-23(26)33)15-31(7)29-22/h9-10,14-15,27H,2-4,8,11-13,16H2,1,5-7H3,(H2,26,33)/b10-9-. The lowest BCUT2D eigenvalue weighted by molar-refractivity contribution is -0.117. The minimum absolute atomic E-state index is 0.0446. The zero-order chi connectivity index (χ0) is 26.1. The number of rotatable bonds is 14. The van der Waals surface area contributed by atoms with E-state index in [-0.39, 0.29) is 18.5 Å². The third-order valence-electron chi connectivity index (χ3n) is 5.09. The van der Waals surface area contributed by atoms with Crippen LogP contribution in [0.4, 0.5) is 5.69 Å². The Labute approximate surface area is 211 Å². The average molecular weight is 498 g/mol. The highest BCUT2D eigenvalue weighted by Gasteiger charge is 2.20. The molecule has 0 bridgehead atoms. The number of carbonyl (C=O) groups excluding carboxylic acids is 1. The number of amides is 1. The van der Waals surface area contributed by atoms with Gasteiger partial charge >= 0.3 is 0 Å². The van der Waals surface area contributed by atoms with Gasteiger partial charge in [-0.25, -0.2) is 4.68 Å². The van der Waals surface area contributed by atoms with Crippen LogP contribution in [0.5, 0.6) is 0 Å². The molecule has 0 spiro atoms. The van der Waals surface area contributed by atoms with Gasteiger partial charge in [0, 0.05) is 56.3 Å². The van der Waals surface area contributed by atoms with Gasteiger partial charge in [-0.2, -0.15) is 10.2 Å². The molecule has 0 saturated carbocycles. The molecule has 2 rings (SSSR count). The van der Waals surface area contributed by atoms with Crippen molar-refractivity contribution in [2.75, 3.05) is 25.5 Å². The van der Waals surface area contributed by atoms with E-state index in [1.807, 2.05) is 31.3 Å². The number of hydrogen-bond acceptors (Lipinski definition) is 7. The summed E-state index contributed by atoms with van der Waals surface area (Å²) in [6.45, 7) is 15.2. The fourth-order valence-corrected chi connectivity index (χ4v) is 4.45. The van der Waals surface area contributed by atoms with Crippen LogP contribution in [0.15, 0.2) is 59.7 Å². The summed E-state index contributed by atoms with van der Waals surface area (Å²) in [7, 11) is 5.46. The second-order valence-electron chi connectivity index (χ2n) is 8.23. The van der Waals surface area contributed by atoms with Crippen LogP contribution >= 0.6 is 11.8 Å². The lowest BCUT2D eigenvalue weighted by Gasteiger charge is -2.22. The molecular weight excluding hydrogens is 462 g/mol. The molecule has 0 aromatic carbocycles. The van der Waals surface area contributed by atoms with E-state index in [9.17, 15) is 9.59 Å². The van der Waals surface area contributed by atoms with Gasteiger partial charge in [0.15, 0.2) is 0 Å². The fourth-order valence-electron chi connectivity index (χ4n) is 3.58. The number of aryl methyl sites for hydroxylation is 1. The molecule has 35 heavy (non-hydrogen) atoms. The van der Waals surface area contributed by atoms with E-state index in [0.717, 1.165) is 16.9 Å². The molecule has 2 aromatic rings. The van der Waals surface area contributed by atoms with Crippen molar-refractivity contribution in [3.8, 4) is 0 Å². The summed E-state index contributed by atoms with van der Waals surface area (Å²) < 4.78 is 2.95. The highest BCUT2D eigenvalue weighted by Crippen LogP contribution is 2.36. The number of nitrogens with two attached hydrogens (primary N) is 1. The molecule has 10 heteroatoms. The Morgan fingerprint density at radius 3 is 2.69 bits per heavy atom. The number of nitrogens with zero attached hydrogens (tertiary/aromatic N) is 5. The maximum Gasteiger partial charge on any atom is 0.291 e. The Hall–Kier alpha value is -3.53. The van der Waals surface area contributed by atoms with Crippen LogP contribution in [-0.2, 0) is 24.8 Å². The Balaban J connectivity index is 2.38. The minimum Gasteiger partial charge on any atom is -0.394 e. The maximum absolute atomic E-state index is 13.6. The minimum atomic E-state index is -0.462. The summed E-state index contributed by atoms with van der Waals surface area (Å²) in [6, 6.07) is 0. The molecule has 1 amide bonds. The molecular formula is C25H35N7O2S. The largest absolute Gasteiger partial charge is 0.394 e. The first-order valence-corrected chi connectivity index (χ1v) is 12.1. The zero-order valence-electron chi connectivity index (χ0n) is 21.0. The molecule has 9 nitrogen and oxygen atoms in total. The van der Waals surface area contributed by atoms with Gasteiger partial charge < -0.3 is 16.0 Å². The van der Waals surface area contributed by atoms with Gasteiger partial charge in [0.2, 0.25) is 5.91 Å². The summed E-state index contributed by atoms with van der Waals surface area (Å²) in [5, 5.41) is 11.7. The number of primary amides is 1. The van der Waals surface area contributed by atoms with Crippen molar-refractivity contribution in [3.05, 3.63) is 82.1 Å². The van der Waals surface area contributed by atoms with E-state index < -0.39 is 5.91 Å². The topological polar surface area (TPSA) is 111 Å². The lowest BCUT2D eigenvalue weighted by Crippen LogP contribution is -2.33. The fraction of sp³-hybridized carbons (Fsp3) is 0.360. The molecule has 2 aromatic heterocycles. The molecule has 0 aliphatic carbocycles. The Morgan fingerprint density at radius 1 is 1.34 bits per heavy atom. The normalized spacial score (nSPS) is 11.0.